The van der Waals surface area contributed by atoms with E-state index in [-0.39, 0.29) is 12.0 Å². The summed E-state index contributed by atoms with van der Waals surface area (Å²) in [6.07, 6.45) is -5.36. The summed E-state index contributed by atoms with van der Waals surface area (Å²) in [4.78, 5) is 0. The average molecular weight is 233 g/mol. The highest BCUT2D eigenvalue weighted by atomic mass is 19.4. The van der Waals surface area contributed by atoms with Crippen molar-refractivity contribution in [3.8, 4) is 0 Å². The van der Waals surface area contributed by atoms with Crippen LogP contribution in [0.3, 0.4) is 0 Å². The first-order chi connectivity index (χ1) is 7.45. The molecule has 0 amide bonds. The summed E-state index contributed by atoms with van der Waals surface area (Å²) in [5, 5.41) is 11.4. The number of aliphatic hydroxyl groups excluding tert-OH is 1. The monoisotopic (exact) mass is 233 g/mol. The third-order valence-electron chi connectivity index (χ3n) is 2.21. The summed E-state index contributed by atoms with van der Waals surface area (Å²) in [6, 6.07) is 5.65. The normalized spacial score (nSPS) is 15.8. The zero-order valence-corrected chi connectivity index (χ0v) is 8.83. The first-order valence-electron chi connectivity index (χ1n) is 5.01. The Balaban J connectivity index is 2.89. The van der Waals surface area contributed by atoms with Crippen LogP contribution in [0.5, 0.6) is 0 Å². The molecule has 1 aromatic rings. The Morgan fingerprint density at radius 2 is 1.81 bits per heavy atom. The van der Waals surface area contributed by atoms with Gasteiger partial charge in [0.15, 0.2) is 0 Å². The van der Waals surface area contributed by atoms with Crippen LogP contribution in [-0.2, 0) is 0 Å². The van der Waals surface area contributed by atoms with Gasteiger partial charge in [0.2, 0.25) is 0 Å². The van der Waals surface area contributed by atoms with Crippen molar-refractivity contribution in [1.29, 1.82) is 0 Å². The second-order valence-electron chi connectivity index (χ2n) is 3.48. The zero-order chi connectivity index (χ0) is 12.2. The predicted octanol–water partition coefficient (Wildman–Crippen LogP) is 2.61. The number of halogens is 3. The van der Waals surface area contributed by atoms with Crippen LogP contribution in [0.25, 0.3) is 0 Å². The van der Waals surface area contributed by atoms with Gasteiger partial charge < -0.3 is 5.11 Å². The summed E-state index contributed by atoms with van der Waals surface area (Å²) in [5.41, 5.74) is 0.0995. The molecule has 90 valence electrons. The molecule has 0 saturated carbocycles. The van der Waals surface area contributed by atoms with E-state index in [1.54, 1.807) is 13.0 Å². The standard InChI is InChI=1S/C11H14F3NO/c1-2-9(16)15-10(11(12,13)14)8-6-4-3-5-7-8/h3-7,9-10,15-16H,2H2,1H3/t9-,10-/m1/s1. The van der Waals surface area contributed by atoms with Gasteiger partial charge in [0, 0.05) is 0 Å². The molecule has 0 unspecified atom stereocenters. The van der Waals surface area contributed by atoms with Crippen molar-refractivity contribution in [2.24, 2.45) is 0 Å². The molecule has 0 spiro atoms. The number of benzene rings is 1. The van der Waals surface area contributed by atoms with Crippen LogP contribution in [-0.4, -0.2) is 17.5 Å². The Morgan fingerprint density at radius 1 is 1.25 bits per heavy atom. The lowest BCUT2D eigenvalue weighted by Gasteiger charge is -2.24. The second-order valence-corrected chi connectivity index (χ2v) is 3.48. The number of hydrogen-bond donors (Lipinski definition) is 2. The molecule has 0 fully saturated rings. The molecular weight excluding hydrogens is 219 g/mol. The zero-order valence-electron chi connectivity index (χ0n) is 8.83. The first kappa shape index (κ1) is 13.0. The van der Waals surface area contributed by atoms with Gasteiger partial charge in [0.1, 0.15) is 12.3 Å². The van der Waals surface area contributed by atoms with Crippen LogP contribution in [0.2, 0.25) is 0 Å². The lowest BCUT2D eigenvalue weighted by molar-refractivity contribution is -0.165. The molecule has 0 bridgehead atoms. The molecule has 2 atom stereocenters. The van der Waals surface area contributed by atoms with Crippen LogP contribution in [0, 0.1) is 0 Å². The Hall–Kier alpha value is -1.07. The molecule has 16 heavy (non-hydrogen) atoms. The van der Waals surface area contributed by atoms with E-state index in [1.807, 2.05) is 0 Å². The molecule has 0 heterocycles. The van der Waals surface area contributed by atoms with E-state index in [4.69, 9.17) is 0 Å². The molecule has 1 aromatic carbocycles. The minimum Gasteiger partial charge on any atom is -0.379 e. The van der Waals surface area contributed by atoms with Gasteiger partial charge in [-0.15, -0.1) is 0 Å². The SMILES string of the molecule is CC[C@@H](O)N[C@H](c1ccccc1)C(F)(F)F. The van der Waals surface area contributed by atoms with Gasteiger partial charge >= 0.3 is 6.18 Å². The van der Waals surface area contributed by atoms with Crippen molar-refractivity contribution in [3.05, 3.63) is 35.9 Å². The number of aliphatic hydroxyl groups is 1. The van der Waals surface area contributed by atoms with Gasteiger partial charge in [-0.1, -0.05) is 37.3 Å². The van der Waals surface area contributed by atoms with Crippen LogP contribution in [0.1, 0.15) is 24.9 Å². The van der Waals surface area contributed by atoms with Crippen molar-refractivity contribution in [1.82, 2.24) is 5.32 Å². The summed E-state index contributed by atoms with van der Waals surface area (Å²) >= 11 is 0. The van der Waals surface area contributed by atoms with E-state index in [1.165, 1.54) is 24.3 Å². The number of alkyl halides is 3. The van der Waals surface area contributed by atoms with Crippen molar-refractivity contribution >= 4 is 0 Å². The van der Waals surface area contributed by atoms with E-state index >= 15 is 0 Å². The minimum atomic E-state index is -4.42. The molecule has 0 radical (unpaired) electrons. The van der Waals surface area contributed by atoms with E-state index in [9.17, 15) is 18.3 Å². The molecule has 0 aliphatic heterocycles. The van der Waals surface area contributed by atoms with Crippen molar-refractivity contribution < 1.29 is 18.3 Å². The van der Waals surface area contributed by atoms with E-state index < -0.39 is 18.4 Å². The molecule has 5 heteroatoms. The number of hydrogen-bond acceptors (Lipinski definition) is 2. The Morgan fingerprint density at radius 3 is 2.25 bits per heavy atom. The first-order valence-corrected chi connectivity index (χ1v) is 5.01. The van der Waals surface area contributed by atoms with Crippen LogP contribution in [0.4, 0.5) is 13.2 Å². The van der Waals surface area contributed by atoms with Gasteiger partial charge in [-0.05, 0) is 12.0 Å². The molecule has 0 saturated heterocycles. The fourth-order valence-corrected chi connectivity index (χ4v) is 1.34. The predicted molar refractivity (Wildman–Crippen MR) is 54.7 cm³/mol. The van der Waals surface area contributed by atoms with Crippen molar-refractivity contribution in [2.75, 3.05) is 0 Å². The van der Waals surface area contributed by atoms with Gasteiger partial charge in [-0.3, -0.25) is 5.32 Å². The average Bonchev–Trinajstić information content (AvgIpc) is 2.25. The van der Waals surface area contributed by atoms with E-state index in [0.29, 0.717) is 0 Å². The molecule has 0 aromatic heterocycles. The molecule has 2 N–H and O–H groups in total. The van der Waals surface area contributed by atoms with Crippen LogP contribution in [0.15, 0.2) is 30.3 Å². The van der Waals surface area contributed by atoms with Crippen molar-refractivity contribution in [2.45, 2.75) is 31.8 Å². The highest BCUT2D eigenvalue weighted by Crippen LogP contribution is 2.32. The van der Waals surface area contributed by atoms with Gasteiger partial charge in [0.25, 0.3) is 0 Å². The fourth-order valence-electron chi connectivity index (χ4n) is 1.34. The summed E-state index contributed by atoms with van der Waals surface area (Å²) in [7, 11) is 0. The third kappa shape index (κ3) is 3.50. The lowest BCUT2D eigenvalue weighted by Crippen LogP contribution is -2.40. The van der Waals surface area contributed by atoms with Crippen LogP contribution < -0.4 is 5.32 Å². The molecule has 2 nitrogen and oxygen atoms in total. The van der Waals surface area contributed by atoms with E-state index in [2.05, 4.69) is 5.32 Å². The third-order valence-corrected chi connectivity index (χ3v) is 2.21. The van der Waals surface area contributed by atoms with Gasteiger partial charge in [-0.2, -0.15) is 13.2 Å². The van der Waals surface area contributed by atoms with Crippen LogP contribution >= 0.6 is 0 Å². The Labute approximate surface area is 92.1 Å². The maximum Gasteiger partial charge on any atom is 0.407 e. The van der Waals surface area contributed by atoms with Gasteiger partial charge in [0.05, 0.1) is 0 Å². The largest absolute Gasteiger partial charge is 0.407 e. The summed E-state index contributed by atoms with van der Waals surface area (Å²) in [6.45, 7) is 1.61. The maximum atomic E-state index is 12.7. The fraction of sp³-hybridized carbons (Fsp3) is 0.455. The molecule has 1 rings (SSSR count). The highest BCUT2D eigenvalue weighted by molar-refractivity contribution is 5.20. The summed E-state index contributed by atoms with van der Waals surface area (Å²) in [5.74, 6) is 0. The Bertz CT molecular complexity index is 313. The second kappa shape index (κ2) is 5.32. The number of rotatable bonds is 4. The molecule has 0 aliphatic carbocycles. The summed E-state index contributed by atoms with van der Waals surface area (Å²) < 4.78 is 38.2. The maximum absolute atomic E-state index is 12.7. The smallest absolute Gasteiger partial charge is 0.379 e. The minimum absolute atomic E-state index is 0.0995. The number of nitrogens with one attached hydrogen (secondary N) is 1. The highest BCUT2D eigenvalue weighted by Gasteiger charge is 2.41. The topological polar surface area (TPSA) is 32.3 Å². The quantitative estimate of drug-likeness (QED) is 0.783. The van der Waals surface area contributed by atoms with Gasteiger partial charge in [-0.25, -0.2) is 0 Å². The van der Waals surface area contributed by atoms with Crippen molar-refractivity contribution in [3.63, 3.8) is 0 Å². The van der Waals surface area contributed by atoms with E-state index in [0.717, 1.165) is 0 Å². The Kier molecular flexibility index (Phi) is 4.32. The molecular formula is C11H14F3NO. The molecule has 0 aliphatic rings. The lowest BCUT2D eigenvalue weighted by atomic mass is 10.1.